The molecule has 1 heterocycles. The van der Waals surface area contributed by atoms with E-state index in [4.69, 9.17) is 11.6 Å². The summed E-state index contributed by atoms with van der Waals surface area (Å²) in [6.45, 7) is 4.86. The van der Waals surface area contributed by atoms with Gasteiger partial charge in [-0.15, -0.1) is 0 Å². The van der Waals surface area contributed by atoms with Crippen molar-refractivity contribution in [1.29, 1.82) is 0 Å². The van der Waals surface area contributed by atoms with Gasteiger partial charge >= 0.3 is 0 Å². The maximum atomic E-state index is 14.0. The number of thioether (sulfide) groups is 1. The van der Waals surface area contributed by atoms with Crippen LogP contribution in [0.1, 0.15) is 29.5 Å². The number of piperidine rings is 1. The zero-order valence-electron chi connectivity index (χ0n) is 16.8. The topological polar surface area (TPSA) is 32.3 Å². The molecular formula is C23H28ClFN2OS. The van der Waals surface area contributed by atoms with Crippen molar-refractivity contribution in [3.8, 4) is 0 Å². The molecule has 1 aliphatic rings. The lowest BCUT2D eigenvalue weighted by atomic mass is 9.95. The molecule has 2 aromatic rings. The summed E-state index contributed by atoms with van der Waals surface area (Å²) in [6, 6.07) is 13.3. The van der Waals surface area contributed by atoms with Gasteiger partial charge in [-0.05, 0) is 50.6 Å². The molecule has 0 aliphatic carbocycles. The van der Waals surface area contributed by atoms with Crippen molar-refractivity contribution in [2.45, 2.75) is 32.1 Å². The van der Waals surface area contributed by atoms with Crippen LogP contribution in [0, 0.1) is 18.7 Å². The molecule has 1 aliphatic heterocycles. The van der Waals surface area contributed by atoms with Crippen LogP contribution in [0.4, 0.5) is 4.39 Å². The van der Waals surface area contributed by atoms with Crippen LogP contribution in [0.3, 0.4) is 0 Å². The second kappa shape index (κ2) is 11.0. The number of aryl methyl sites for hydroxylation is 1. The van der Waals surface area contributed by atoms with E-state index < -0.39 is 0 Å². The maximum absolute atomic E-state index is 14.0. The average molecular weight is 435 g/mol. The van der Waals surface area contributed by atoms with Crippen LogP contribution in [0.2, 0.25) is 5.02 Å². The Labute approximate surface area is 182 Å². The summed E-state index contributed by atoms with van der Waals surface area (Å²) in [5, 5.41) is 3.54. The van der Waals surface area contributed by atoms with Crippen LogP contribution in [-0.2, 0) is 17.1 Å². The molecule has 0 saturated carbocycles. The Bertz CT molecular complexity index is 804. The molecule has 29 heavy (non-hydrogen) atoms. The molecule has 3 rings (SSSR count). The largest absolute Gasteiger partial charge is 0.355 e. The van der Waals surface area contributed by atoms with Crippen LogP contribution in [-0.4, -0.2) is 36.2 Å². The molecule has 1 fully saturated rings. The molecule has 0 spiro atoms. The fraction of sp³-hybridized carbons (Fsp3) is 0.435. The zero-order valence-corrected chi connectivity index (χ0v) is 18.4. The quantitative estimate of drug-likeness (QED) is 0.590. The summed E-state index contributed by atoms with van der Waals surface area (Å²) in [4.78, 5) is 14.6. The van der Waals surface area contributed by atoms with Gasteiger partial charge in [0.1, 0.15) is 5.82 Å². The number of hydrogen-bond donors (Lipinski definition) is 1. The number of hydrogen-bond acceptors (Lipinski definition) is 3. The summed E-state index contributed by atoms with van der Waals surface area (Å²) < 4.78 is 14.0. The number of nitrogens with one attached hydrogen (secondary N) is 1. The van der Waals surface area contributed by atoms with E-state index in [2.05, 4.69) is 41.4 Å². The Morgan fingerprint density at radius 2 is 2.00 bits per heavy atom. The smallest absolute Gasteiger partial charge is 0.223 e. The third-order valence-electron chi connectivity index (χ3n) is 5.30. The molecule has 0 atom stereocenters. The van der Waals surface area contributed by atoms with Gasteiger partial charge in [0, 0.05) is 41.1 Å². The van der Waals surface area contributed by atoms with Crippen molar-refractivity contribution in [2.75, 3.05) is 25.4 Å². The number of benzene rings is 2. The third-order valence-corrected chi connectivity index (χ3v) is 6.68. The van der Waals surface area contributed by atoms with Crippen LogP contribution < -0.4 is 5.32 Å². The highest BCUT2D eigenvalue weighted by atomic mass is 35.5. The summed E-state index contributed by atoms with van der Waals surface area (Å²) in [7, 11) is 0. The van der Waals surface area contributed by atoms with E-state index >= 15 is 0 Å². The van der Waals surface area contributed by atoms with E-state index in [1.54, 1.807) is 12.1 Å². The minimum absolute atomic E-state index is 0.0455. The van der Waals surface area contributed by atoms with Crippen LogP contribution >= 0.6 is 23.4 Å². The Hall–Kier alpha value is -1.56. The second-order valence-corrected chi connectivity index (χ2v) is 9.10. The van der Waals surface area contributed by atoms with Crippen molar-refractivity contribution in [3.05, 3.63) is 70.0 Å². The first kappa shape index (κ1) is 22.1. The molecule has 0 bridgehead atoms. The highest BCUT2D eigenvalue weighted by Gasteiger charge is 2.25. The zero-order chi connectivity index (χ0) is 20.6. The fourth-order valence-corrected chi connectivity index (χ4v) is 4.67. The molecule has 1 amide bonds. The number of likely N-dealkylation sites (tertiary alicyclic amines) is 1. The van der Waals surface area contributed by atoms with Gasteiger partial charge in [-0.2, -0.15) is 11.8 Å². The predicted molar refractivity (Wildman–Crippen MR) is 120 cm³/mol. The van der Waals surface area contributed by atoms with Crippen LogP contribution in [0.15, 0.2) is 42.5 Å². The molecule has 6 heteroatoms. The van der Waals surface area contributed by atoms with Gasteiger partial charge in [0.2, 0.25) is 5.91 Å². The van der Waals surface area contributed by atoms with Crippen molar-refractivity contribution in [1.82, 2.24) is 10.2 Å². The van der Waals surface area contributed by atoms with Gasteiger partial charge in [-0.1, -0.05) is 47.5 Å². The maximum Gasteiger partial charge on any atom is 0.223 e. The lowest BCUT2D eigenvalue weighted by Gasteiger charge is -2.31. The number of nitrogens with zero attached hydrogens (tertiary/aromatic N) is 1. The van der Waals surface area contributed by atoms with Crippen LogP contribution in [0.25, 0.3) is 0 Å². The van der Waals surface area contributed by atoms with E-state index in [1.165, 1.54) is 17.2 Å². The lowest BCUT2D eigenvalue weighted by molar-refractivity contribution is -0.126. The number of amides is 1. The van der Waals surface area contributed by atoms with Gasteiger partial charge in [-0.3, -0.25) is 9.69 Å². The summed E-state index contributed by atoms with van der Waals surface area (Å²) >= 11 is 7.96. The molecule has 2 aromatic carbocycles. The summed E-state index contributed by atoms with van der Waals surface area (Å²) in [6.07, 6.45) is 1.60. The first-order valence-corrected chi connectivity index (χ1v) is 11.6. The van der Waals surface area contributed by atoms with Gasteiger partial charge in [0.05, 0.1) is 0 Å². The van der Waals surface area contributed by atoms with E-state index in [0.717, 1.165) is 37.4 Å². The van der Waals surface area contributed by atoms with Gasteiger partial charge < -0.3 is 5.32 Å². The molecule has 1 saturated heterocycles. The minimum atomic E-state index is -0.263. The highest BCUT2D eigenvalue weighted by Crippen LogP contribution is 2.24. The Balaban J connectivity index is 1.33. The molecule has 0 radical (unpaired) electrons. The van der Waals surface area contributed by atoms with E-state index in [0.29, 0.717) is 23.7 Å². The summed E-state index contributed by atoms with van der Waals surface area (Å²) in [5.74, 6) is 1.80. The molecule has 156 valence electrons. The van der Waals surface area contributed by atoms with Crippen molar-refractivity contribution in [2.24, 2.45) is 5.92 Å². The lowest BCUT2D eigenvalue weighted by Crippen LogP contribution is -2.40. The van der Waals surface area contributed by atoms with E-state index in [1.807, 2.05) is 11.8 Å². The van der Waals surface area contributed by atoms with Crippen molar-refractivity contribution >= 4 is 29.3 Å². The normalized spacial score (nSPS) is 15.4. The molecular weight excluding hydrogens is 407 g/mol. The first-order chi connectivity index (χ1) is 14.0. The predicted octanol–water partition coefficient (Wildman–Crippen LogP) is 5.05. The van der Waals surface area contributed by atoms with E-state index in [9.17, 15) is 9.18 Å². The molecule has 0 unspecified atom stereocenters. The Kier molecular flexibility index (Phi) is 8.40. The number of halogens is 2. The average Bonchev–Trinajstić information content (AvgIpc) is 2.71. The van der Waals surface area contributed by atoms with Crippen LogP contribution in [0.5, 0.6) is 0 Å². The molecule has 0 aromatic heterocycles. The standard InChI is InChI=1S/C23H28ClFN2OS/c1-17-4-2-5-18(14-17)16-29-13-10-26-23(28)19-8-11-27(12-9-19)15-20-21(24)6-3-7-22(20)25/h2-7,14,19H,8-13,15-16H2,1H3,(H,26,28). The molecule has 1 N–H and O–H groups in total. The SMILES string of the molecule is Cc1cccc(CSCCNC(=O)C2CCN(Cc3c(F)cccc3Cl)CC2)c1. The van der Waals surface area contributed by atoms with Gasteiger partial charge in [-0.25, -0.2) is 4.39 Å². The second-order valence-electron chi connectivity index (χ2n) is 7.58. The third kappa shape index (κ3) is 6.73. The molecule has 3 nitrogen and oxygen atoms in total. The van der Waals surface area contributed by atoms with Crippen molar-refractivity contribution in [3.63, 3.8) is 0 Å². The Morgan fingerprint density at radius 1 is 1.24 bits per heavy atom. The van der Waals surface area contributed by atoms with E-state index in [-0.39, 0.29) is 17.6 Å². The van der Waals surface area contributed by atoms with Crippen molar-refractivity contribution < 1.29 is 9.18 Å². The highest BCUT2D eigenvalue weighted by molar-refractivity contribution is 7.98. The van der Waals surface area contributed by atoms with Gasteiger partial charge in [0.15, 0.2) is 0 Å². The number of rotatable bonds is 8. The first-order valence-electron chi connectivity index (χ1n) is 10.1. The Morgan fingerprint density at radius 3 is 2.72 bits per heavy atom. The van der Waals surface area contributed by atoms with Gasteiger partial charge in [0.25, 0.3) is 0 Å². The number of carbonyl (C=O) groups is 1. The monoisotopic (exact) mass is 434 g/mol. The number of carbonyl (C=O) groups excluding carboxylic acids is 1. The minimum Gasteiger partial charge on any atom is -0.355 e. The fourth-order valence-electron chi connectivity index (χ4n) is 3.64. The summed E-state index contributed by atoms with van der Waals surface area (Å²) in [5.41, 5.74) is 3.14.